The SMILES string of the molecule is CCCNCc1ccc(F)cc1-c1cn(C(C)C)nc1C. The van der Waals surface area contributed by atoms with Crippen LogP contribution in [0.25, 0.3) is 11.1 Å². The number of hydrogen-bond acceptors (Lipinski definition) is 2. The third-order valence-electron chi connectivity index (χ3n) is 3.55. The fourth-order valence-electron chi connectivity index (χ4n) is 2.36. The van der Waals surface area contributed by atoms with Crippen LogP contribution in [0, 0.1) is 12.7 Å². The summed E-state index contributed by atoms with van der Waals surface area (Å²) in [5.41, 5.74) is 3.99. The molecule has 2 rings (SSSR count). The first-order chi connectivity index (χ1) is 10.0. The summed E-state index contributed by atoms with van der Waals surface area (Å²) in [7, 11) is 0. The van der Waals surface area contributed by atoms with Gasteiger partial charge in [0.1, 0.15) is 5.82 Å². The van der Waals surface area contributed by atoms with Crippen molar-refractivity contribution in [2.75, 3.05) is 6.54 Å². The second kappa shape index (κ2) is 6.85. The Labute approximate surface area is 126 Å². The Hall–Kier alpha value is -1.68. The molecule has 0 aliphatic heterocycles. The molecule has 1 heterocycles. The van der Waals surface area contributed by atoms with Crippen molar-refractivity contribution in [3.63, 3.8) is 0 Å². The lowest BCUT2D eigenvalue weighted by molar-refractivity contribution is 0.529. The fourth-order valence-corrected chi connectivity index (χ4v) is 2.36. The Bertz CT molecular complexity index is 602. The highest BCUT2D eigenvalue weighted by atomic mass is 19.1. The highest BCUT2D eigenvalue weighted by Crippen LogP contribution is 2.28. The van der Waals surface area contributed by atoms with Crippen molar-refractivity contribution in [1.82, 2.24) is 15.1 Å². The van der Waals surface area contributed by atoms with Crippen molar-refractivity contribution >= 4 is 0 Å². The van der Waals surface area contributed by atoms with Gasteiger partial charge in [0.25, 0.3) is 0 Å². The molecule has 0 aliphatic rings. The van der Waals surface area contributed by atoms with Gasteiger partial charge in [-0.1, -0.05) is 13.0 Å². The first-order valence-electron chi connectivity index (χ1n) is 7.58. The van der Waals surface area contributed by atoms with Crippen molar-refractivity contribution in [3.8, 4) is 11.1 Å². The van der Waals surface area contributed by atoms with Gasteiger partial charge in [-0.3, -0.25) is 4.68 Å². The van der Waals surface area contributed by atoms with Crippen LogP contribution < -0.4 is 5.32 Å². The maximum atomic E-state index is 13.7. The number of rotatable bonds is 6. The van der Waals surface area contributed by atoms with Gasteiger partial charge in [-0.05, 0) is 57.0 Å². The highest BCUT2D eigenvalue weighted by molar-refractivity contribution is 5.69. The Morgan fingerprint density at radius 1 is 1.29 bits per heavy atom. The number of aromatic nitrogens is 2. The normalized spacial score (nSPS) is 11.3. The first-order valence-corrected chi connectivity index (χ1v) is 7.58. The molecule has 0 radical (unpaired) electrons. The van der Waals surface area contributed by atoms with E-state index < -0.39 is 0 Å². The zero-order valence-corrected chi connectivity index (χ0v) is 13.3. The molecule has 0 bridgehead atoms. The molecule has 0 saturated carbocycles. The lowest BCUT2D eigenvalue weighted by Crippen LogP contribution is -2.14. The van der Waals surface area contributed by atoms with Gasteiger partial charge in [0.2, 0.25) is 0 Å². The van der Waals surface area contributed by atoms with E-state index >= 15 is 0 Å². The van der Waals surface area contributed by atoms with Crippen molar-refractivity contribution in [3.05, 3.63) is 41.5 Å². The maximum absolute atomic E-state index is 13.7. The summed E-state index contributed by atoms with van der Waals surface area (Å²) in [6, 6.07) is 5.29. The van der Waals surface area contributed by atoms with Crippen LogP contribution in [0.4, 0.5) is 4.39 Å². The number of halogens is 1. The molecule has 1 aromatic carbocycles. The molecule has 1 aromatic heterocycles. The maximum Gasteiger partial charge on any atom is 0.123 e. The van der Waals surface area contributed by atoms with Crippen molar-refractivity contribution < 1.29 is 4.39 Å². The van der Waals surface area contributed by atoms with Gasteiger partial charge < -0.3 is 5.32 Å². The van der Waals surface area contributed by atoms with Gasteiger partial charge in [0.15, 0.2) is 0 Å². The summed E-state index contributed by atoms with van der Waals surface area (Å²) in [5.74, 6) is -0.207. The van der Waals surface area contributed by atoms with Crippen LogP contribution in [-0.2, 0) is 6.54 Å². The summed E-state index contributed by atoms with van der Waals surface area (Å²) in [5, 5.41) is 7.91. The second-order valence-electron chi connectivity index (χ2n) is 5.68. The van der Waals surface area contributed by atoms with Gasteiger partial charge in [-0.15, -0.1) is 0 Å². The molecule has 0 saturated heterocycles. The molecule has 2 aromatic rings. The van der Waals surface area contributed by atoms with Crippen LogP contribution in [0.3, 0.4) is 0 Å². The average Bonchev–Trinajstić information content (AvgIpc) is 2.83. The minimum absolute atomic E-state index is 0.207. The molecule has 0 amide bonds. The van der Waals surface area contributed by atoms with E-state index in [1.807, 2.05) is 23.9 Å². The van der Waals surface area contributed by atoms with E-state index in [-0.39, 0.29) is 5.82 Å². The topological polar surface area (TPSA) is 29.9 Å². The van der Waals surface area contributed by atoms with Crippen LogP contribution in [0.1, 0.15) is 44.5 Å². The zero-order valence-electron chi connectivity index (χ0n) is 13.3. The van der Waals surface area contributed by atoms with Crippen LogP contribution >= 0.6 is 0 Å². The predicted molar refractivity (Wildman–Crippen MR) is 84.7 cm³/mol. The Balaban J connectivity index is 2.39. The summed E-state index contributed by atoms with van der Waals surface area (Å²) in [6.45, 7) is 9.99. The summed E-state index contributed by atoms with van der Waals surface area (Å²) < 4.78 is 15.6. The Morgan fingerprint density at radius 3 is 2.67 bits per heavy atom. The Kier molecular flexibility index (Phi) is 5.12. The molecule has 4 heteroatoms. The highest BCUT2D eigenvalue weighted by Gasteiger charge is 2.13. The molecule has 0 spiro atoms. The minimum atomic E-state index is -0.207. The van der Waals surface area contributed by atoms with Crippen LogP contribution in [0.2, 0.25) is 0 Å². The molecule has 3 nitrogen and oxygen atoms in total. The molecule has 0 fully saturated rings. The summed E-state index contributed by atoms with van der Waals surface area (Å²) in [4.78, 5) is 0. The van der Waals surface area contributed by atoms with E-state index in [9.17, 15) is 4.39 Å². The average molecular weight is 289 g/mol. The molecule has 0 atom stereocenters. The van der Waals surface area contributed by atoms with Crippen LogP contribution in [0.5, 0.6) is 0 Å². The van der Waals surface area contributed by atoms with Crippen molar-refractivity contribution in [2.45, 2.75) is 46.7 Å². The van der Waals surface area contributed by atoms with E-state index in [1.165, 1.54) is 6.07 Å². The molecule has 21 heavy (non-hydrogen) atoms. The zero-order chi connectivity index (χ0) is 15.4. The molecular weight excluding hydrogens is 265 g/mol. The number of benzene rings is 1. The number of nitrogens with one attached hydrogen (secondary N) is 1. The van der Waals surface area contributed by atoms with Crippen LogP contribution in [-0.4, -0.2) is 16.3 Å². The molecule has 1 N–H and O–H groups in total. The number of nitrogens with zero attached hydrogens (tertiary/aromatic N) is 2. The van der Waals surface area contributed by atoms with Gasteiger partial charge in [-0.2, -0.15) is 5.10 Å². The standard InChI is InChI=1S/C17H24FN3/c1-5-8-19-10-14-6-7-15(18)9-16(14)17-11-21(12(2)3)20-13(17)4/h6-7,9,11-12,19H,5,8,10H2,1-4H3. The van der Waals surface area contributed by atoms with Gasteiger partial charge in [0, 0.05) is 24.3 Å². The lowest BCUT2D eigenvalue weighted by Gasteiger charge is -2.10. The predicted octanol–water partition coefficient (Wildman–Crippen LogP) is 4.08. The number of aryl methyl sites for hydroxylation is 1. The summed E-state index contributed by atoms with van der Waals surface area (Å²) in [6.07, 6.45) is 3.10. The van der Waals surface area contributed by atoms with Gasteiger partial charge >= 0.3 is 0 Å². The monoisotopic (exact) mass is 289 g/mol. The first kappa shape index (κ1) is 15.7. The number of hydrogen-bond donors (Lipinski definition) is 1. The molecule has 0 aliphatic carbocycles. The third kappa shape index (κ3) is 3.70. The van der Waals surface area contributed by atoms with Gasteiger partial charge in [-0.25, -0.2) is 4.39 Å². The second-order valence-corrected chi connectivity index (χ2v) is 5.68. The smallest absolute Gasteiger partial charge is 0.123 e. The molecule has 0 unspecified atom stereocenters. The minimum Gasteiger partial charge on any atom is -0.313 e. The van der Waals surface area contributed by atoms with E-state index in [4.69, 9.17) is 0 Å². The van der Waals surface area contributed by atoms with Crippen molar-refractivity contribution in [2.24, 2.45) is 0 Å². The quantitative estimate of drug-likeness (QED) is 0.812. The van der Waals surface area contributed by atoms with E-state index in [1.54, 1.807) is 6.07 Å². The van der Waals surface area contributed by atoms with E-state index in [0.717, 1.165) is 41.9 Å². The Morgan fingerprint density at radius 2 is 2.05 bits per heavy atom. The third-order valence-corrected chi connectivity index (χ3v) is 3.55. The lowest BCUT2D eigenvalue weighted by atomic mass is 10.00. The van der Waals surface area contributed by atoms with E-state index in [2.05, 4.69) is 31.2 Å². The molecular formula is C17H24FN3. The fraction of sp³-hybridized carbons (Fsp3) is 0.471. The van der Waals surface area contributed by atoms with Crippen molar-refractivity contribution in [1.29, 1.82) is 0 Å². The van der Waals surface area contributed by atoms with E-state index in [0.29, 0.717) is 6.04 Å². The summed E-state index contributed by atoms with van der Waals surface area (Å²) >= 11 is 0. The van der Waals surface area contributed by atoms with Crippen LogP contribution in [0.15, 0.2) is 24.4 Å². The van der Waals surface area contributed by atoms with Gasteiger partial charge in [0.05, 0.1) is 5.69 Å². The largest absolute Gasteiger partial charge is 0.313 e. The molecule has 114 valence electrons.